The number of nitrogens with zero attached hydrogens (tertiary/aromatic N) is 2. The lowest BCUT2D eigenvalue weighted by molar-refractivity contribution is 0.0962. The molecule has 1 aliphatic rings. The van der Waals surface area contributed by atoms with Crippen LogP contribution in [0.5, 0.6) is 0 Å². The fourth-order valence-electron chi connectivity index (χ4n) is 2.35. The number of aromatic nitrogens is 2. The minimum absolute atomic E-state index is 0.105. The van der Waals surface area contributed by atoms with Gasteiger partial charge >= 0.3 is 0 Å². The van der Waals surface area contributed by atoms with Crippen molar-refractivity contribution in [1.82, 2.24) is 15.1 Å². The van der Waals surface area contributed by atoms with Gasteiger partial charge < -0.3 is 5.32 Å². The number of carbonyl (C=O) groups is 1. The number of carbonyl (C=O) groups excluding carboxylic acids is 1. The van der Waals surface area contributed by atoms with Gasteiger partial charge in [-0.15, -0.1) is 0 Å². The summed E-state index contributed by atoms with van der Waals surface area (Å²) in [6, 6.07) is 0. The van der Waals surface area contributed by atoms with Crippen LogP contribution in [0.4, 0.5) is 0 Å². The zero-order valence-electron chi connectivity index (χ0n) is 10.1. The lowest BCUT2D eigenvalue weighted by Gasteiger charge is -2.22. The van der Waals surface area contributed by atoms with Crippen molar-refractivity contribution >= 4 is 17.4 Å². The first kappa shape index (κ1) is 12.6. The van der Waals surface area contributed by atoms with Crippen LogP contribution >= 0.6 is 11.6 Å². The second kappa shape index (κ2) is 5.65. The van der Waals surface area contributed by atoms with Gasteiger partial charge in [0.05, 0.1) is 11.2 Å². The Balaban J connectivity index is 1.89. The predicted octanol–water partition coefficient (Wildman–Crippen LogP) is 2.04. The summed E-state index contributed by atoms with van der Waals surface area (Å²) in [5, 5.41) is 7.77. The van der Waals surface area contributed by atoms with E-state index in [0.29, 0.717) is 23.1 Å². The molecule has 4 nitrogen and oxygen atoms in total. The molecule has 17 heavy (non-hydrogen) atoms. The van der Waals surface area contributed by atoms with Crippen molar-refractivity contribution < 1.29 is 4.79 Å². The summed E-state index contributed by atoms with van der Waals surface area (Å²) in [4.78, 5) is 12.0. The maximum atomic E-state index is 12.0. The zero-order chi connectivity index (χ0) is 12.3. The number of piperidine rings is 1. The average Bonchev–Trinajstić information content (AvgIpc) is 2.67. The molecule has 0 amide bonds. The van der Waals surface area contributed by atoms with E-state index in [1.165, 1.54) is 19.0 Å². The standard InChI is InChI=1S/C12H18ClN3O/c1-16-12(10(13)8-15-16)11(17)3-2-9-4-6-14-7-5-9/h8-9,14H,2-7H2,1H3. The molecule has 0 aromatic carbocycles. The number of ketones is 1. The van der Waals surface area contributed by atoms with Crippen molar-refractivity contribution in [2.24, 2.45) is 13.0 Å². The van der Waals surface area contributed by atoms with E-state index in [2.05, 4.69) is 10.4 Å². The van der Waals surface area contributed by atoms with E-state index in [1.807, 2.05) is 0 Å². The van der Waals surface area contributed by atoms with E-state index < -0.39 is 0 Å². The third-order valence-electron chi connectivity index (χ3n) is 3.40. The monoisotopic (exact) mass is 255 g/mol. The van der Waals surface area contributed by atoms with E-state index in [9.17, 15) is 4.79 Å². The van der Waals surface area contributed by atoms with Crippen LogP contribution in [0.3, 0.4) is 0 Å². The number of hydrogen-bond acceptors (Lipinski definition) is 3. The van der Waals surface area contributed by atoms with Gasteiger partial charge in [0.25, 0.3) is 0 Å². The summed E-state index contributed by atoms with van der Waals surface area (Å²) < 4.78 is 1.56. The Morgan fingerprint density at radius 3 is 2.88 bits per heavy atom. The lowest BCUT2D eigenvalue weighted by atomic mass is 9.92. The molecule has 1 N–H and O–H groups in total. The molecule has 0 radical (unpaired) electrons. The average molecular weight is 256 g/mol. The molecule has 2 heterocycles. The lowest BCUT2D eigenvalue weighted by Crippen LogP contribution is -2.28. The van der Waals surface area contributed by atoms with Gasteiger partial charge in [0.2, 0.25) is 0 Å². The van der Waals surface area contributed by atoms with E-state index in [1.54, 1.807) is 11.7 Å². The smallest absolute Gasteiger partial charge is 0.182 e. The van der Waals surface area contributed by atoms with Crippen LogP contribution in [0.25, 0.3) is 0 Å². The van der Waals surface area contributed by atoms with Crippen LogP contribution in [-0.4, -0.2) is 28.7 Å². The van der Waals surface area contributed by atoms with Gasteiger partial charge in [-0.2, -0.15) is 5.10 Å². The van der Waals surface area contributed by atoms with Gasteiger partial charge in [0, 0.05) is 13.5 Å². The molecule has 0 aliphatic carbocycles. The van der Waals surface area contributed by atoms with Crippen molar-refractivity contribution in [3.8, 4) is 0 Å². The van der Waals surface area contributed by atoms with Crippen LogP contribution in [0.15, 0.2) is 6.20 Å². The van der Waals surface area contributed by atoms with Crippen LogP contribution in [-0.2, 0) is 7.05 Å². The fraction of sp³-hybridized carbons (Fsp3) is 0.667. The van der Waals surface area contributed by atoms with Crippen molar-refractivity contribution in [3.63, 3.8) is 0 Å². The molecule has 5 heteroatoms. The molecule has 0 atom stereocenters. The van der Waals surface area contributed by atoms with Crippen molar-refractivity contribution in [2.45, 2.75) is 25.7 Å². The van der Waals surface area contributed by atoms with Crippen molar-refractivity contribution in [2.75, 3.05) is 13.1 Å². The highest BCUT2D eigenvalue weighted by Crippen LogP contribution is 2.21. The molecule has 0 unspecified atom stereocenters. The summed E-state index contributed by atoms with van der Waals surface area (Å²) >= 11 is 5.95. The summed E-state index contributed by atoms with van der Waals surface area (Å²) in [5.74, 6) is 0.778. The molecule has 2 rings (SSSR count). The van der Waals surface area contributed by atoms with Gasteiger partial charge in [0.1, 0.15) is 5.69 Å². The van der Waals surface area contributed by atoms with Gasteiger partial charge in [-0.1, -0.05) is 11.6 Å². The third-order valence-corrected chi connectivity index (χ3v) is 3.67. The fourth-order valence-corrected chi connectivity index (χ4v) is 2.62. The quantitative estimate of drug-likeness (QED) is 0.838. The minimum atomic E-state index is 0.105. The van der Waals surface area contributed by atoms with Gasteiger partial charge in [0.15, 0.2) is 5.78 Å². The topological polar surface area (TPSA) is 46.9 Å². The Labute approximate surface area is 106 Å². The number of Topliss-reactive ketones (excluding diaryl/α,β-unsaturated/α-hetero) is 1. The number of aryl methyl sites for hydroxylation is 1. The van der Waals surface area contributed by atoms with Gasteiger partial charge in [-0.05, 0) is 38.3 Å². The Morgan fingerprint density at radius 2 is 2.29 bits per heavy atom. The maximum absolute atomic E-state index is 12.0. The summed E-state index contributed by atoms with van der Waals surface area (Å²) in [7, 11) is 1.75. The Kier molecular flexibility index (Phi) is 4.18. The highest BCUT2D eigenvalue weighted by atomic mass is 35.5. The predicted molar refractivity (Wildman–Crippen MR) is 67.4 cm³/mol. The molecule has 1 aliphatic heterocycles. The summed E-state index contributed by atoms with van der Waals surface area (Å²) in [6.07, 6.45) is 5.41. The molecule has 1 aromatic heterocycles. The van der Waals surface area contributed by atoms with Crippen molar-refractivity contribution in [3.05, 3.63) is 16.9 Å². The molecular formula is C12H18ClN3O. The van der Waals surface area contributed by atoms with Crippen LogP contribution in [0.2, 0.25) is 5.02 Å². The van der Waals surface area contributed by atoms with E-state index in [4.69, 9.17) is 11.6 Å². The second-order valence-corrected chi connectivity index (χ2v) is 5.03. The highest BCUT2D eigenvalue weighted by molar-refractivity contribution is 6.33. The second-order valence-electron chi connectivity index (χ2n) is 4.62. The molecule has 0 saturated carbocycles. The molecule has 94 valence electrons. The molecule has 1 fully saturated rings. The number of nitrogens with one attached hydrogen (secondary N) is 1. The largest absolute Gasteiger partial charge is 0.317 e. The molecule has 0 bridgehead atoms. The summed E-state index contributed by atoms with van der Waals surface area (Å²) in [6.45, 7) is 2.15. The molecular weight excluding hydrogens is 238 g/mol. The number of rotatable bonds is 4. The number of hydrogen-bond donors (Lipinski definition) is 1. The van der Waals surface area contributed by atoms with Gasteiger partial charge in [-0.3, -0.25) is 9.48 Å². The van der Waals surface area contributed by atoms with Crippen LogP contribution in [0, 0.1) is 5.92 Å². The van der Waals surface area contributed by atoms with E-state index >= 15 is 0 Å². The zero-order valence-corrected chi connectivity index (χ0v) is 10.8. The van der Waals surface area contributed by atoms with Crippen molar-refractivity contribution in [1.29, 1.82) is 0 Å². The summed E-state index contributed by atoms with van der Waals surface area (Å²) in [5.41, 5.74) is 0.542. The first-order chi connectivity index (χ1) is 8.18. The van der Waals surface area contributed by atoms with E-state index in [0.717, 1.165) is 19.5 Å². The molecule has 0 spiro atoms. The maximum Gasteiger partial charge on any atom is 0.182 e. The number of halogens is 1. The molecule has 1 aromatic rings. The third kappa shape index (κ3) is 3.07. The first-order valence-corrected chi connectivity index (χ1v) is 6.47. The van der Waals surface area contributed by atoms with Crippen LogP contribution in [0.1, 0.15) is 36.2 Å². The highest BCUT2D eigenvalue weighted by Gasteiger charge is 2.18. The van der Waals surface area contributed by atoms with Gasteiger partial charge in [-0.25, -0.2) is 0 Å². The van der Waals surface area contributed by atoms with Crippen LogP contribution < -0.4 is 5.32 Å². The SMILES string of the molecule is Cn1ncc(Cl)c1C(=O)CCC1CCNCC1. The molecule has 1 saturated heterocycles. The van der Waals surface area contributed by atoms with E-state index in [-0.39, 0.29) is 5.78 Å². The Morgan fingerprint density at radius 1 is 1.59 bits per heavy atom. The Bertz CT molecular complexity index is 377. The Hall–Kier alpha value is -0.870. The first-order valence-electron chi connectivity index (χ1n) is 6.10. The normalized spacial score (nSPS) is 17.3. The minimum Gasteiger partial charge on any atom is -0.317 e.